The lowest BCUT2D eigenvalue weighted by molar-refractivity contribution is -0.119. The van der Waals surface area contributed by atoms with Crippen molar-refractivity contribution in [1.82, 2.24) is 4.72 Å². The van der Waals surface area contributed by atoms with Gasteiger partial charge in [0.25, 0.3) is 0 Å². The van der Waals surface area contributed by atoms with Crippen molar-refractivity contribution < 1.29 is 17.4 Å². The average Bonchev–Trinajstić information content (AvgIpc) is 2.71. The van der Waals surface area contributed by atoms with Gasteiger partial charge in [0.05, 0.1) is 19.0 Å². The Balaban J connectivity index is 3.78. The fourth-order valence-electron chi connectivity index (χ4n) is 4.02. The van der Waals surface area contributed by atoms with Crippen LogP contribution >= 0.6 is 0 Å². The van der Waals surface area contributed by atoms with Crippen molar-refractivity contribution >= 4 is 15.7 Å². The van der Waals surface area contributed by atoms with Gasteiger partial charge in [0.15, 0.2) is 9.81 Å². The zero-order chi connectivity index (χ0) is 23.3. The van der Waals surface area contributed by atoms with E-state index >= 15 is 0 Å². The molecule has 0 spiro atoms. The maximum absolute atomic E-state index is 13.4. The van der Waals surface area contributed by atoms with Gasteiger partial charge in [-0.2, -0.15) is 0 Å². The molecule has 0 aliphatic carbocycles. The zero-order valence-electron chi connectivity index (χ0n) is 21.2. The Labute approximate surface area is 193 Å². The Morgan fingerprint density at radius 2 is 1.00 bits per heavy atom. The van der Waals surface area contributed by atoms with E-state index in [4.69, 9.17) is 8.37 Å². The number of nitrogens with one attached hydrogen (secondary N) is 1. The van der Waals surface area contributed by atoms with Crippen LogP contribution in [0.25, 0.3) is 0 Å². The van der Waals surface area contributed by atoms with Crippen molar-refractivity contribution in [1.29, 1.82) is 0 Å². The molecule has 0 radical (unpaired) electrons. The van der Waals surface area contributed by atoms with Gasteiger partial charge in [-0.15, -0.1) is 0 Å². The first kappa shape index (κ1) is 30.5. The molecule has 0 atom stereocenters. The Morgan fingerprint density at radius 1 is 0.613 bits per heavy atom. The minimum absolute atomic E-state index is 0.198. The molecule has 0 aromatic carbocycles. The minimum atomic E-state index is -4.02. The Morgan fingerprint density at radius 3 is 1.35 bits per heavy atom. The van der Waals surface area contributed by atoms with Gasteiger partial charge in [-0.25, -0.2) is 4.21 Å². The second-order valence-electron chi connectivity index (χ2n) is 8.69. The lowest BCUT2D eigenvalue weighted by atomic mass is 10.0. The Bertz CT molecular complexity index is 469. The Hall–Kier alpha value is -0.460. The van der Waals surface area contributed by atoms with Crippen LogP contribution in [0, 0.1) is 0 Å². The minimum Gasteiger partial charge on any atom is -0.278 e. The maximum Gasteiger partial charge on any atom is 0.233 e. The van der Waals surface area contributed by atoms with Crippen molar-refractivity contribution in [2.75, 3.05) is 19.0 Å². The van der Waals surface area contributed by atoms with Crippen molar-refractivity contribution in [2.24, 2.45) is 0 Å². The largest absolute Gasteiger partial charge is 0.278 e. The molecule has 0 fully saturated rings. The Kier molecular flexibility index (Phi) is 18.8. The highest BCUT2D eigenvalue weighted by Gasteiger charge is 2.38. The van der Waals surface area contributed by atoms with E-state index in [2.05, 4.69) is 11.6 Å². The van der Waals surface area contributed by atoms with Crippen molar-refractivity contribution in [3.05, 3.63) is 0 Å². The van der Waals surface area contributed by atoms with E-state index in [1.54, 1.807) is 13.8 Å². The van der Waals surface area contributed by atoms with E-state index in [-0.39, 0.29) is 24.9 Å². The monoisotopic (exact) mass is 463 g/mol. The lowest BCUT2D eigenvalue weighted by Crippen LogP contribution is -2.56. The van der Waals surface area contributed by atoms with Crippen LogP contribution in [0.5, 0.6) is 0 Å². The molecule has 0 aromatic rings. The van der Waals surface area contributed by atoms with E-state index in [1.807, 2.05) is 6.92 Å². The van der Waals surface area contributed by atoms with E-state index < -0.39 is 9.81 Å². The third-order valence-electron chi connectivity index (χ3n) is 5.59. The molecule has 31 heavy (non-hydrogen) atoms. The number of unbranched alkanes of at least 4 members (excludes halogenated alkanes) is 14. The lowest BCUT2D eigenvalue weighted by Gasteiger charge is -2.41. The van der Waals surface area contributed by atoms with Crippen LogP contribution in [0.1, 0.15) is 137 Å². The molecule has 0 aliphatic rings. The number of hydrogen-bond acceptors (Lipinski definition) is 4. The highest BCUT2D eigenvalue weighted by molar-refractivity contribution is 8.10. The molecule has 5 nitrogen and oxygen atoms in total. The normalized spacial score (nSPS) is 13.1. The molecule has 188 valence electrons. The third-order valence-corrected chi connectivity index (χ3v) is 8.75. The van der Waals surface area contributed by atoms with E-state index in [9.17, 15) is 9.00 Å². The van der Waals surface area contributed by atoms with Gasteiger partial charge in [-0.05, 0) is 26.7 Å². The van der Waals surface area contributed by atoms with Crippen LogP contribution < -0.4 is 4.72 Å². The predicted molar refractivity (Wildman–Crippen MR) is 134 cm³/mol. The molecule has 0 aliphatic heterocycles. The molecule has 6 heteroatoms. The summed E-state index contributed by atoms with van der Waals surface area (Å²) in [5.74, 6) is -0.0363. The smallest absolute Gasteiger partial charge is 0.233 e. The fraction of sp³-hybridized carbons (Fsp3) is 0.960. The standard InChI is InChI=1S/C25H53NO4S/c1-5-9-10-11-12-13-14-15-16-17-18-19-20-21-22-23-25(27)26-31(28,24-6-2,29-7-3)30-8-4/h5-24H2,1-4H3,(H,26,27,28). The first-order valence-corrected chi connectivity index (χ1v) is 15.2. The summed E-state index contributed by atoms with van der Waals surface area (Å²) in [4.78, 5) is 12.4. The number of hydrogen-bond donors (Lipinski definition) is 1. The predicted octanol–water partition coefficient (Wildman–Crippen LogP) is 7.41. The molecule has 0 saturated heterocycles. The summed E-state index contributed by atoms with van der Waals surface area (Å²) in [6.45, 7) is 8.19. The molecule has 1 N–H and O–H groups in total. The molecular formula is C25H53NO4S. The second-order valence-corrected chi connectivity index (χ2v) is 11.7. The summed E-state index contributed by atoms with van der Waals surface area (Å²) in [6.07, 6.45) is 20.4. The number of carbonyl (C=O) groups is 1. The summed E-state index contributed by atoms with van der Waals surface area (Å²) in [7, 11) is -4.02. The summed E-state index contributed by atoms with van der Waals surface area (Å²) < 4.78 is 27.0. The molecule has 1 amide bonds. The van der Waals surface area contributed by atoms with Gasteiger partial charge < -0.3 is 0 Å². The van der Waals surface area contributed by atoms with E-state index in [0.717, 1.165) is 19.3 Å². The highest BCUT2D eigenvalue weighted by Crippen LogP contribution is 2.27. The van der Waals surface area contributed by atoms with Gasteiger partial charge in [0.1, 0.15) is 0 Å². The number of amides is 1. The SMILES string of the molecule is CCCCCCCCCCCCCCCCCC(=O)NS(=O)(CCC)(OCC)OCC. The van der Waals surface area contributed by atoms with Crippen molar-refractivity contribution in [2.45, 2.75) is 137 Å². The van der Waals surface area contributed by atoms with Crippen LogP contribution in [0.2, 0.25) is 0 Å². The van der Waals surface area contributed by atoms with Crippen molar-refractivity contribution in [3.8, 4) is 0 Å². The van der Waals surface area contributed by atoms with Crippen LogP contribution in [0.15, 0.2) is 0 Å². The average molecular weight is 464 g/mol. The molecule has 0 rings (SSSR count). The van der Waals surface area contributed by atoms with Crippen LogP contribution in [-0.4, -0.2) is 29.1 Å². The summed E-state index contributed by atoms with van der Waals surface area (Å²) in [6, 6.07) is 0. The van der Waals surface area contributed by atoms with E-state index in [0.29, 0.717) is 12.8 Å². The number of carbonyl (C=O) groups excluding carboxylic acids is 1. The van der Waals surface area contributed by atoms with Crippen LogP contribution in [-0.2, 0) is 23.0 Å². The number of rotatable bonds is 23. The van der Waals surface area contributed by atoms with Gasteiger partial charge in [-0.3, -0.25) is 17.9 Å². The molecule has 0 unspecified atom stereocenters. The molecular weight excluding hydrogens is 410 g/mol. The quantitative estimate of drug-likeness (QED) is 0.160. The van der Waals surface area contributed by atoms with Crippen LogP contribution in [0.4, 0.5) is 0 Å². The highest BCUT2D eigenvalue weighted by atomic mass is 32.3. The summed E-state index contributed by atoms with van der Waals surface area (Å²) >= 11 is 0. The summed E-state index contributed by atoms with van der Waals surface area (Å²) in [5.41, 5.74) is 0. The fourth-order valence-corrected chi connectivity index (χ4v) is 6.74. The second kappa shape index (κ2) is 19.0. The van der Waals surface area contributed by atoms with Gasteiger partial charge >= 0.3 is 0 Å². The van der Waals surface area contributed by atoms with E-state index in [1.165, 1.54) is 77.0 Å². The van der Waals surface area contributed by atoms with Crippen molar-refractivity contribution in [3.63, 3.8) is 0 Å². The maximum atomic E-state index is 13.4. The molecule has 0 heterocycles. The molecule has 0 saturated carbocycles. The van der Waals surface area contributed by atoms with Gasteiger partial charge in [0, 0.05) is 6.42 Å². The topological polar surface area (TPSA) is 64.6 Å². The van der Waals surface area contributed by atoms with Gasteiger partial charge in [0.2, 0.25) is 5.91 Å². The third kappa shape index (κ3) is 15.9. The van der Waals surface area contributed by atoms with Crippen LogP contribution in [0.3, 0.4) is 0 Å². The molecule has 0 aromatic heterocycles. The molecule has 0 bridgehead atoms. The zero-order valence-corrected chi connectivity index (χ0v) is 22.0. The van der Waals surface area contributed by atoms with Gasteiger partial charge in [-0.1, -0.05) is 104 Å². The first-order chi connectivity index (χ1) is 14.9. The first-order valence-electron chi connectivity index (χ1n) is 13.2. The summed E-state index contributed by atoms with van der Waals surface area (Å²) in [5, 5.41) is 0.